The quantitative estimate of drug-likeness (QED) is 0.331. The summed E-state index contributed by atoms with van der Waals surface area (Å²) in [5, 5.41) is 56.8. The van der Waals surface area contributed by atoms with Crippen molar-refractivity contribution in [2.45, 2.75) is 131 Å². The Labute approximate surface area is 201 Å². The van der Waals surface area contributed by atoms with Crippen molar-refractivity contribution in [2.24, 2.45) is 0 Å². The van der Waals surface area contributed by atoms with E-state index < -0.39 is 73.3 Å². The first-order valence-electron chi connectivity index (χ1n) is 11.8. The van der Waals surface area contributed by atoms with E-state index in [2.05, 4.69) is 0 Å². The van der Waals surface area contributed by atoms with Crippen molar-refractivity contribution in [2.75, 3.05) is 0 Å². The fourth-order valence-electron chi connectivity index (χ4n) is 5.68. The molecule has 0 radical (unpaired) electrons. The number of aliphatic hydroxyl groups is 5. The van der Waals surface area contributed by atoms with Gasteiger partial charge in [-0.05, 0) is 0 Å². The van der Waals surface area contributed by atoms with Crippen LogP contribution in [0.2, 0.25) is 98.2 Å². The average Bonchev–Trinajstić information content (AvgIpc) is 2.50. The first kappa shape index (κ1) is 30.9. The molecule has 0 amide bonds. The van der Waals surface area contributed by atoms with Gasteiger partial charge in [0, 0.05) is 0 Å². The highest BCUT2D eigenvalue weighted by Crippen LogP contribution is 2.61. The smallest absolute Gasteiger partial charge is 0.176 e. The van der Waals surface area contributed by atoms with Gasteiger partial charge in [0.05, 0.1) is 38.0 Å². The van der Waals surface area contributed by atoms with Gasteiger partial charge in [-0.3, -0.25) is 0 Å². The molecule has 1 rings (SSSR count). The highest BCUT2D eigenvalue weighted by atomic mass is 28.3. The van der Waals surface area contributed by atoms with E-state index in [1.54, 1.807) is 0 Å². The van der Waals surface area contributed by atoms with Crippen molar-refractivity contribution in [1.29, 1.82) is 0 Å². The second-order valence-electron chi connectivity index (χ2n) is 15.2. The van der Waals surface area contributed by atoms with Crippen molar-refractivity contribution in [3.63, 3.8) is 0 Å². The van der Waals surface area contributed by atoms with Crippen LogP contribution in [0.3, 0.4) is 0 Å². The topological polar surface area (TPSA) is 110 Å². The molecular formula is C21H52O6Si5. The Morgan fingerprint density at radius 1 is 0.562 bits per heavy atom. The van der Waals surface area contributed by atoms with Gasteiger partial charge in [0.15, 0.2) is 5.41 Å². The predicted octanol–water partition coefficient (Wildman–Crippen LogP) is 3.02. The lowest BCUT2D eigenvalue weighted by Crippen LogP contribution is -3.00. The molecule has 1 saturated heterocycles. The first-order valence-corrected chi connectivity index (χ1v) is 29.3. The summed E-state index contributed by atoms with van der Waals surface area (Å²) in [4.78, 5) is 0. The van der Waals surface area contributed by atoms with Gasteiger partial charge in [-0.25, -0.2) is 0 Å². The normalized spacial score (nSPS) is 39.2. The zero-order chi connectivity index (χ0) is 26.4. The monoisotopic (exact) mass is 540 g/mol. The maximum absolute atomic E-state index is 13.0. The minimum absolute atomic E-state index is 1.03. The van der Waals surface area contributed by atoms with Crippen LogP contribution >= 0.6 is 0 Å². The summed E-state index contributed by atoms with van der Waals surface area (Å²) in [6.45, 7) is 29.2. The lowest BCUT2D eigenvalue weighted by Gasteiger charge is -2.75. The largest absolute Gasteiger partial charge is 0.394 e. The summed E-state index contributed by atoms with van der Waals surface area (Å²) in [5.41, 5.74) is -3.08. The highest BCUT2D eigenvalue weighted by molar-refractivity contribution is 6.91. The Morgan fingerprint density at radius 2 is 0.906 bits per heavy atom. The highest BCUT2D eigenvalue weighted by Gasteiger charge is 2.86. The number of hydrogen-bond donors (Lipinski definition) is 5. The third-order valence-corrected chi connectivity index (χ3v) is 21.8. The van der Waals surface area contributed by atoms with E-state index in [1.807, 2.05) is 98.2 Å². The number of ether oxygens (including phenoxy) is 1. The van der Waals surface area contributed by atoms with Gasteiger partial charge >= 0.3 is 0 Å². The Hall–Kier alpha value is 0.844. The van der Waals surface area contributed by atoms with Crippen molar-refractivity contribution < 1.29 is 30.3 Å². The predicted molar refractivity (Wildman–Crippen MR) is 147 cm³/mol. The van der Waals surface area contributed by atoms with Gasteiger partial charge < -0.3 is 30.3 Å². The third kappa shape index (κ3) is 3.82. The van der Waals surface area contributed by atoms with E-state index in [1.165, 1.54) is 0 Å². The van der Waals surface area contributed by atoms with Gasteiger partial charge in [-0.15, -0.1) is 0 Å². The van der Waals surface area contributed by atoms with Crippen LogP contribution in [0.25, 0.3) is 0 Å². The summed E-state index contributed by atoms with van der Waals surface area (Å²) in [6.07, 6.45) is -1.19. The maximum Gasteiger partial charge on any atom is 0.176 e. The molecule has 2 unspecified atom stereocenters. The molecule has 11 heteroatoms. The zero-order valence-electron chi connectivity index (χ0n) is 23.3. The van der Waals surface area contributed by atoms with Crippen LogP contribution in [0.4, 0.5) is 0 Å². The molecule has 6 nitrogen and oxygen atoms in total. The summed E-state index contributed by atoms with van der Waals surface area (Å²) < 4.78 is 6.54. The summed E-state index contributed by atoms with van der Waals surface area (Å²) in [6, 6.07) is 0. The molecule has 0 aromatic rings. The number of aliphatic hydroxyl groups excluding tert-OH is 1. The molecule has 0 spiro atoms. The minimum atomic E-state index is -2.87. The first-order chi connectivity index (χ1) is 13.5. The van der Waals surface area contributed by atoms with Gasteiger partial charge in [0.2, 0.25) is 0 Å². The van der Waals surface area contributed by atoms with E-state index in [4.69, 9.17) is 4.74 Å². The molecule has 32 heavy (non-hydrogen) atoms. The molecule has 1 heterocycles. The van der Waals surface area contributed by atoms with E-state index in [9.17, 15) is 25.5 Å². The van der Waals surface area contributed by atoms with Crippen molar-refractivity contribution in [1.82, 2.24) is 0 Å². The van der Waals surface area contributed by atoms with Crippen LogP contribution in [-0.2, 0) is 4.74 Å². The van der Waals surface area contributed by atoms with Gasteiger partial charge in [-0.1, -0.05) is 98.2 Å². The molecule has 0 bridgehead atoms. The Bertz CT molecular complexity index is 717. The molecule has 1 aliphatic rings. The summed E-state index contributed by atoms with van der Waals surface area (Å²) in [5.74, 6) is 0. The van der Waals surface area contributed by atoms with Crippen LogP contribution in [0.5, 0.6) is 0 Å². The van der Waals surface area contributed by atoms with Crippen LogP contribution in [-0.4, -0.2) is 98.8 Å². The Kier molecular flexibility index (Phi) is 7.64. The molecular weight excluding hydrogens is 489 g/mol. The molecule has 0 aromatic heterocycles. The molecule has 6 atom stereocenters. The standard InChI is InChI=1S/C21H52O6Si5/c1-28(2,3)17(22)16-18(23,29(4,5)6)19(24,30(7,8)9)20(25,31(10,11)12)21(26,27-16)32(13,14)15/h16-17,22-26H,1-15H3/t16-,17?,18+,19-,20+,21?/m1/s1. The van der Waals surface area contributed by atoms with Crippen LogP contribution in [0.15, 0.2) is 0 Å². The summed E-state index contributed by atoms with van der Waals surface area (Å²) >= 11 is 0. The second-order valence-corrected chi connectivity index (χ2v) is 41.4. The molecule has 5 N–H and O–H groups in total. The third-order valence-electron chi connectivity index (χ3n) is 7.78. The van der Waals surface area contributed by atoms with Gasteiger partial charge in [0.25, 0.3) is 0 Å². The van der Waals surface area contributed by atoms with Crippen LogP contribution in [0, 0.1) is 0 Å². The van der Waals surface area contributed by atoms with Crippen molar-refractivity contribution in [3.05, 3.63) is 0 Å². The fourth-order valence-corrected chi connectivity index (χ4v) is 23.0. The van der Waals surface area contributed by atoms with E-state index in [0.717, 1.165) is 0 Å². The number of hydrogen-bond acceptors (Lipinski definition) is 6. The maximum atomic E-state index is 13.0. The van der Waals surface area contributed by atoms with E-state index in [0.29, 0.717) is 0 Å². The summed E-state index contributed by atoms with van der Waals surface area (Å²) in [7, 11) is -13.6. The SMILES string of the molecule is C[Si](C)(C)C(O)[C@H]1OC(O)([Si](C)(C)C)[C@@](O)([Si](C)(C)C)[C@](O)([Si](C)(C)C)[C@@]1(O)[Si](C)(C)C. The van der Waals surface area contributed by atoms with Crippen molar-refractivity contribution >= 4 is 40.4 Å². The Morgan fingerprint density at radius 3 is 1.12 bits per heavy atom. The molecule has 0 aromatic carbocycles. The Balaban J connectivity index is 4.44. The van der Waals surface area contributed by atoms with Crippen LogP contribution < -0.4 is 0 Å². The van der Waals surface area contributed by atoms with E-state index in [-0.39, 0.29) is 0 Å². The molecule has 192 valence electrons. The minimum Gasteiger partial charge on any atom is -0.394 e. The zero-order valence-corrected chi connectivity index (χ0v) is 28.3. The van der Waals surface area contributed by atoms with Crippen LogP contribution in [0.1, 0.15) is 0 Å². The number of rotatable bonds is 6. The molecule has 1 aliphatic heterocycles. The second kappa shape index (κ2) is 7.92. The molecule has 0 aliphatic carbocycles. The average molecular weight is 541 g/mol. The lowest BCUT2D eigenvalue weighted by molar-refractivity contribution is -0.364. The molecule has 1 fully saturated rings. The molecule has 0 saturated carbocycles. The van der Waals surface area contributed by atoms with Gasteiger partial charge in [-0.2, -0.15) is 0 Å². The van der Waals surface area contributed by atoms with Gasteiger partial charge in [0.1, 0.15) is 29.9 Å². The van der Waals surface area contributed by atoms with E-state index >= 15 is 0 Å². The van der Waals surface area contributed by atoms with Crippen molar-refractivity contribution in [3.8, 4) is 0 Å². The lowest BCUT2D eigenvalue weighted by atomic mass is 9.95. The fraction of sp³-hybridized carbons (Fsp3) is 1.00.